The third-order valence-electron chi connectivity index (χ3n) is 6.95. The molecule has 2 amide bonds. The van der Waals surface area contributed by atoms with Gasteiger partial charge in [0.2, 0.25) is 5.91 Å². The first-order chi connectivity index (χ1) is 16.7. The first-order valence-electron chi connectivity index (χ1n) is 12.0. The number of para-hydroxylation sites is 1. The van der Waals surface area contributed by atoms with E-state index in [2.05, 4.69) is 0 Å². The van der Waals surface area contributed by atoms with E-state index in [-0.39, 0.29) is 24.6 Å². The van der Waals surface area contributed by atoms with Gasteiger partial charge >= 0.3 is 12.1 Å². The van der Waals surface area contributed by atoms with E-state index in [1.807, 2.05) is 37.3 Å². The Morgan fingerprint density at radius 1 is 1.00 bits per heavy atom. The van der Waals surface area contributed by atoms with Crippen molar-refractivity contribution in [3.05, 3.63) is 54.6 Å². The van der Waals surface area contributed by atoms with E-state index >= 15 is 0 Å². The number of hydrogen-bond donors (Lipinski definition) is 0. The van der Waals surface area contributed by atoms with Gasteiger partial charge in [0.05, 0.1) is 12.0 Å². The van der Waals surface area contributed by atoms with Gasteiger partial charge in [-0.2, -0.15) is 0 Å². The number of esters is 1. The molecule has 8 heteroatoms. The highest BCUT2D eigenvalue weighted by Crippen LogP contribution is 2.49. The summed E-state index contributed by atoms with van der Waals surface area (Å²) in [7, 11) is 0. The summed E-state index contributed by atoms with van der Waals surface area (Å²) >= 11 is 0. The highest BCUT2D eigenvalue weighted by atomic mass is 16.6. The van der Waals surface area contributed by atoms with E-state index in [1.54, 1.807) is 54.8 Å². The lowest BCUT2D eigenvalue weighted by molar-refractivity contribution is -0.158. The molecule has 0 saturated carbocycles. The molecule has 8 nitrogen and oxygen atoms in total. The summed E-state index contributed by atoms with van der Waals surface area (Å²) < 4.78 is 16.3. The minimum absolute atomic E-state index is 0.00466. The van der Waals surface area contributed by atoms with Gasteiger partial charge in [0, 0.05) is 24.8 Å². The number of rotatable bonds is 6. The van der Waals surface area contributed by atoms with Crippen LogP contribution in [0.2, 0.25) is 0 Å². The van der Waals surface area contributed by atoms with Gasteiger partial charge in [0.1, 0.15) is 11.5 Å². The monoisotopic (exact) mass is 480 g/mol. The van der Waals surface area contributed by atoms with Gasteiger partial charge in [-0.15, -0.1) is 0 Å². The molecule has 2 saturated heterocycles. The Bertz CT molecular complexity index is 1070. The lowest BCUT2D eigenvalue weighted by Crippen LogP contribution is -2.71. The lowest BCUT2D eigenvalue weighted by Gasteiger charge is -2.57. The molecule has 1 atom stereocenters. The summed E-state index contributed by atoms with van der Waals surface area (Å²) in [5, 5.41) is 0. The minimum atomic E-state index is -1.11. The van der Waals surface area contributed by atoms with Crippen LogP contribution in [0.1, 0.15) is 40.5 Å². The summed E-state index contributed by atoms with van der Waals surface area (Å²) in [6, 6.07) is 16.1. The predicted molar refractivity (Wildman–Crippen MR) is 130 cm³/mol. The molecule has 1 spiro atoms. The van der Waals surface area contributed by atoms with E-state index in [1.165, 1.54) is 0 Å². The number of amides is 2. The third kappa shape index (κ3) is 4.70. The van der Waals surface area contributed by atoms with Crippen molar-refractivity contribution in [2.45, 2.75) is 52.2 Å². The number of benzene rings is 2. The normalized spacial score (nSPS) is 19.2. The van der Waals surface area contributed by atoms with Gasteiger partial charge < -0.3 is 24.0 Å². The molecule has 2 aromatic rings. The molecule has 0 bridgehead atoms. The van der Waals surface area contributed by atoms with Crippen LogP contribution < -0.4 is 14.4 Å². The second-order valence-corrected chi connectivity index (χ2v) is 9.50. The van der Waals surface area contributed by atoms with E-state index < -0.39 is 17.0 Å². The number of β-lactam (4-membered cyclic amide) rings is 1. The number of carbonyl (C=O) groups is 3. The lowest BCUT2D eigenvalue weighted by atomic mass is 9.65. The second-order valence-electron chi connectivity index (χ2n) is 9.50. The van der Waals surface area contributed by atoms with Crippen molar-refractivity contribution in [2.24, 2.45) is 5.41 Å². The minimum Gasteiger partial charge on any atom is -0.476 e. The van der Waals surface area contributed by atoms with Gasteiger partial charge in [-0.3, -0.25) is 4.79 Å². The summed E-state index contributed by atoms with van der Waals surface area (Å²) in [6.45, 7) is 8.36. The van der Waals surface area contributed by atoms with Crippen LogP contribution in [0.25, 0.3) is 0 Å². The number of nitrogens with zero attached hydrogens (tertiary/aromatic N) is 2. The molecule has 0 aromatic heterocycles. The molecule has 0 N–H and O–H groups in total. The van der Waals surface area contributed by atoms with Crippen LogP contribution in [0.15, 0.2) is 54.6 Å². The highest BCUT2D eigenvalue weighted by Gasteiger charge is 2.59. The van der Waals surface area contributed by atoms with Crippen molar-refractivity contribution in [3.63, 3.8) is 0 Å². The maximum Gasteiger partial charge on any atom is 0.415 e. The van der Waals surface area contributed by atoms with Crippen LogP contribution in [0.3, 0.4) is 0 Å². The molecular weight excluding hydrogens is 448 g/mol. The smallest absolute Gasteiger partial charge is 0.415 e. The van der Waals surface area contributed by atoms with Gasteiger partial charge in [-0.1, -0.05) is 18.2 Å². The zero-order chi connectivity index (χ0) is 25.2. The first-order valence-corrected chi connectivity index (χ1v) is 12.0. The van der Waals surface area contributed by atoms with Gasteiger partial charge in [-0.25, -0.2) is 9.59 Å². The molecule has 35 heavy (non-hydrogen) atoms. The Hall–Kier alpha value is -3.55. The molecule has 0 radical (unpaired) electrons. The largest absolute Gasteiger partial charge is 0.476 e. The number of piperidine rings is 1. The standard InChI is InChI=1S/C27H32N2O6/c1-5-33-24(31)26(3,4)35-22-13-11-20(12-14-22)29-19(2)27(23(29)30)15-17-28(18-16-27)25(32)34-21-9-7-6-8-10-21/h6-14,19H,5,15-18H2,1-4H3. The maximum atomic E-state index is 13.3. The summed E-state index contributed by atoms with van der Waals surface area (Å²) in [6.07, 6.45) is 0.814. The van der Waals surface area contributed by atoms with Gasteiger partial charge in [0.25, 0.3) is 0 Å². The fraction of sp³-hybridized carbons (Fsp3) is 0.444. The highest BCUT2D eigenvalue weighted by molar-refractivity contribution is 6.06. The molecular formula is C27H32N2O6. The van der Waals surface area contributed by atoms with Crippen LogP contribution in [0, 0.1) is 5.41 Å². The number of carbonyl (C=O) groups excluding carboxylic acids is 3. The van der Waals surface area contributed by atoms with Crippen molar-refractivity contribution in [3.8, 4) is 11.5 Å². The van der Waals surface area contributed by atoms with Crippen molar-refractivity contribution >= 4 is 23.7 Å². The van der Waals surface area contributed by atoms with Crippen LogP contribution >= 0.6 is 0 Å². The quantitative estimate of drug-likeness (QED) is 0.449. The average molecular weight is 481 g/mol. The SMILES string of the molecule is CCOC(=O)C(C)(C)Oc1ccc(N2C(=O)C3(CCN(C(=O)Oc4ccccc4)CC3)C2C)cc1. The zero-order valence-electron chi connectivity index (χ0n) is 20.7. The second kappa shape index (κ2) is 9.60. The number of anilines is 1. The average Bonchev–Trinajstić information content (AvgIpc) is 2.86. The zero-order valence-corrected chi connectivity index (χ0v) is 20.7. The fourth-order valence-electron chi connectivity index (χ4n) is 4.81. The Kier molecular flexibility index (Phi) is 6.74. The fourth-order valence-corrected chi connectivity index (χ4v) is 4.81. The Balaban J connectivity index is 1.35. The Labute approximate surface area is 205 Å². The van der Waals surface area contributed by atoms with E-state index in [9.17, 15) is 14.4 Å². The van der Waals surface area contributed by atoms with E-state index in [4.69, 9.17) is 14.2 Å². The van der Waals surface area contributed by atoms with Crippen LogP contribution in [-0.2, 0) is 14.3 Å². The third-order valence-corrected chi connectivity index (χ3v) is 6.95. The molecule has 2 aliphatic rings. The molecule has 2 heterocycles. The molecule has 186 valence electrons. The number of ether oxygens (including phenoxy) is 3. The predicted octanol–water partition coefficient (Wildman–Crippen LogP) is 4.42. The molecule has 0 aliphatic carbocycles. The summed E-state index contributed by atoms with van der Waals surface area (Å²) in [5.41, 5.74) is -0.804. The van der Waals surface area contributed by atoms with Crippen molar-refractivity contribution < 1.29 is 28.6 Å². The Morgan fingerprint density at radius 2 is 1.63 bits per heavy atom. The van der Waals surface area contributed by atoms with Crippen LogP contribution in [0.5, 0.6) is 11.5 Å². The van der Waals surface area contributed by atoms with Crippen LogP contribution in [-0.4, -0.2) is 54.2 Å². The Morgan fingerprint density at radius 3 is 2.20 bits per heavy atom. The number of likely N-dealkylation sites (tertiary alicyclic amines) is 1. The van der Waals surface area contributed by atoms with Crippen molar-refractivity contribution in [2.75, 3.05) is 24.6 Å². The molecule has 2 aromatic carbocycles. The first kappa shape index (κ1) is 24.6. The van der Waals surface area contributed by atoms with Crippen molar-refractivity contribution in [1.82, 2.24) is 4.90 Å². The topological polar surface area (TPSA) is 85.4 Å². The van der Waals surface area contributed by atoms with Gasteiger partial charge in [0.15, 0.2) is 5.60 Å². The van der Waals surface area contributed by atoms with Crippen molar-refractivity contribution in [1.29, 1.82) is 0 Å². The molecule has 2 fully saturated rings. The molecule has 2 aliphatic heterocycles. The van der Waals surface area contributed by atoms with Gasteiger partial charge in [-0.05, 0) is 76.9 Å². The van der Waals surface area contributed by atoms with E-state index in [0.29, 0.717) is 37.4 Å². The van der Waals surface area contributed by atoms with E-state index in [0.717, 1.165) is 5.69 Å². The summed E-state index contributed by atoms with van der Waals surface area (Å²) in [4.78, 5) is 41.3. The maximum absolute atomic E-state index is 13.3. The molecule has 1 unspecified atom stereocenters. The van der Waals surface area contributed by atoms with Crippen LogP contribution in [0.4, 0.5) is 10.5 Å². The summed E-state index contributed by atoms with van der Waals surface area (Å²) in [5.74, 6) is 0.667. The number of hydrogen-bond acceptors (Lipinski definition) is 6. The molecule has 4 rings (SSSR count).